The van der Waals surface area contributed by atoms with Crippen LogP contribution in [0.5, 0.6) is 0 Å². The van der Waals surface area contributed by atoms with Gasteiger partial charge in [0.2, 0.25) is 0 Å². The second-order valence-corrected chi connectivity index (χ2v) is 7.26. The Morgan fingerprint density at radius 3 is 2.43 bits per heavy atom. The Morgan fingerprint density at radius 1 is 1.04 bits per heavy atom. The number of carbonyl (C=O) groups is 2. The Bertz CT molecular complexity index is 943. The van der Waals surface area contributed by atoms with Crippen LogP contribution in [0.3, 0.4) is 0 Å². The second kappa shape index (κ2) is 8.58. The van der Waals surface area contributed by atoms with Crippen molar-refractivity contribution in [3.8, 4) is 0 Å². The van der Waals surface area contributed by atoms with Gasteiger partial charge in [-0.3, -0.25) is 19.7 Å². The Balaban J connectivity index is 1.88. The highest BCUT2D eigenvalue weighted by molar-refractivity contribution is 6.33. The summed E-state index contributed by atoms with van der Waals surface area (Å²) in [5.74, 6) is -0.788. The first-order valence-electron chi connectivity index (χ1n) is 8.71. The fourth-order valence-electron chi connectivity index (χ4n) is 3.06. The van der Waals surface area contributed by atoms with Crippen LogP contribution in [-0.2, 0) is 0 Å². The highest BCUT2D eigenvalue weighted by Gasteiger charge is 2.23. The third-order valence-electron chi connectivity index (χ3n) is 4.51. The van der Waals surface area contributed by atoms with Crippen molar-refractivity contribution in [2.75, 3.05) is 18.4 Å². The lowest BCUT2D eigenvalue weighted by atomic mass is 10.1. The van der Waals surface area contributed by atoms with Gasteiger partial charge in [-0.15, -0.1) is 0 Å². The Morgan fingerprint density at radius 2 is 1.75 bits per heavy atom. The molecule has 0 aromatic heterocycles. The number of anilines is 1. The van der Waals surface area contributed by atoms with Crippen LogP contribution in [0.15, 0.2) is 36.4 Å². The molecule has 28 heavy (non-hydrogen) atoms. The Labute approximate surface area is 171 Å². The summed E-state index contributed by atoms with van der Waals surface area (Å²) in [4.78, 5) is 37.6. The number of carbonyl (C=O) groups excluding carboxylic acids is 2. The number of hydrogen-bond acceptors (Lipinski definition) is 4. The Kier molecular flexibility index (Phi) is 6.16. The number of nitrogens with zero attached hydrogens (tertiary/aromatic N) is 2. The van der Waals surface area contributed by atoms with E-state index >= 15 is 0 Å². The monoisotopic (exact) mass is 421 g/mol. The van der Waals surface area contributed by atoms with E-state index in [0.29, 0.717) is 23.7 Å². The van der Waals surface area contributed by atoms with Crippen molar-refractivity contribution >= 4 is 46.4 Å². The molecule has 1 aliphatic rings. The van der Waals surface area contributed by atoms with Crippen LogP contribution in [-0.4, -0.2) is 34.7 Å². The van der Waals surface area contributed by atoms with E-state index in [1.165, 1.54) is 18.2 Å². The zero-order chi connectivity index (χ0) is 20.3. The molecule has 0 saturated carbocycles. The molecule has 0 atom stereocenters. The predicted octanol–water partition coefficient (Wildman–Crippen LogP) is 4.78. The molecular formula is C19H17Cl2N3O4. The molecule has 9 heteroatoms. The minimum absolute atomic E-state index is 0.0486. The number of hydrogen-bond donors (Lipinski definition) is 1. The molecule has 1 heterocycles. The van der Waals surface area contributed by atoms with Gasteiger partial charge in [0.25, 0.3) is 17.5 Å². The van der Waals surface area contributed by atoms with E-state index in [9.17, 15) is 19.7 Å². The van der Waals surface area contributed by atoms with Crippen molar-refractivity contribution in [3.63, 3.8) is 0 Å². The molecule has 146 valence electrons. The van der Waals surface area contributed by atoms with E-state index in [2.05, 4.69) is 5.32 Å². The highest BCUT2D eigenvalue weighted by atomic mass is 35.5. The summed E-state index contributed by atoms with van der Waals surface area (Å²) in [6.07, 6.45) is 2.97. The van der Waals surface area contributed by atoms with Crippen molar-refractivity contribution in [3.05, 3.63) is 67.7 Å². The van der Waals surface area contributed by atoms with Gasteiger partial charge < -0.3 is 10.2 Å². The number of nitro benzene ring substituents is 1. The molecule has 2 amide bonds. The van der Waals surface area contributed by atoms with Gasteiger partial charge in [-0.25, -0.2) is 0 Å². The summed E-state index contributed by atoms with van der Waals surface area (Å²) in [6, 6.07) is 8.39. The van der Waals surface area contributed by atoms with Crippen LogP contribution in [0.25, 0.3) is 0 Å². The SMILES string of the molecule is O=C(Nc1cc(Cl)ccc1C(=O)N1CCCCC1)c1ccc(Cl)c([N+](=O)[O-])c1. The van der Waals surface area contributed by atoms with Gasteiger partial charge in [0.05, 0.1) is 16.2 Å². The fraction of sp³-hybridized carbons (Fsp3) is 0.263. The molecule has 0 radical (unpaired) electrons. The van der Waals surface area contributed by atoms with E-state index in [-0.39, 0.29) is 27.9 Å². The van der Waals surface area contributed by atoms with Crippen LogP contribution >= 0.6 is 23.2 Å². The third kappa shape index (κ3) is 4.43. The summed E-state index contributed by atoms with van der Waals surface area (Å²) in [5, 5.41) is 14.0. The van der Waals surface area contributed by atoms with Crippen LogP contribution in [0, 0.1) is 10.1 Å². The smallest absolute Gasteiger partial charge is 0.288 e. The average Bonchev–Trinajstić information content (AvgIpc) is 2.68. The van der Waals surface area contributed by atoms with Crippen molar-refractivity contribution in [2.24, 2.45) is 0 Å². The van der Waals surface area contributed by atoms with Gasteiger partial charge in [-0.2, -0.15) is 0 Å². The van der Waals surface area contributed by atoms with E-state index in [4.69, 9.17) is 23.2 Å². The molecule has 7 nitrogen and oxygen atoms in total. The highest BCUT2D eigenvalue weighted by Crippen LogP contribution is 2.27. The molecule has 1 fully saturated rings. The third-order valence-corrected chi connectivity index (χ3v) is 5.06. The summed E-state index contributed by atoms with van der Waals surface area (Å²) in [5.41, 5.74) is 0.256. The van der Waals surface area contributed by atoms with E-state index < -0.39 is 10.8 Å². The first-order chi connectivity index (χ1) is 13.4. The van der Waals surface area contributed by atoms with Gasteiger partial charge in [0.1, 0.15) is 5.02 Å². The van der Waals surface area contributed by atoms with E-state index in [0.717, 1.165) is 25.3 Å². The fourth-order valence-corrected chi connectivity index (χ4v) is 3.42. The number of benzene rings is 2. The number of nitro groups is 1. The zero-order valence-corrected chi connectivity index (χ0v) is 16.3. The summed E-state index contributed by atoms with van der Waals surface area (Å²) < 4.78 is 0. The lowest BCUT2D eigenvalue weighted by Crippen LogP contribution is -2.36. The number of piperidine rings is 1. The van der Waals surface area contributed by atoms with Crippen molar-refractivity contribution in [1.82, 2.24) is 4.90 Å². The topological polar surface area (TPSA) is 92.6 Å². The molecule has 0 aliphatic carbocycles. The maximum atomic E-state index is 12.9. The summed E-state index contributed by atoms with van der Waals surface area (Å²) >= 11 is 11.8. The molecule has 1 N–H and O–H groups in total. The molecule has 2 aromatic carbocycles. The quantitative estimate of drug-likeness (QED) is 0.567. The lowest BCUT2D eigenvalue weighted by molar-refractivity contribution is -0.384. The summed E-state index contributed by atoms with van der Waals surface area (Å²) in [7, 11) is 0. The largest absolute Gasteiger partial charge is 0.339 e. The molecule has 0 spiro atoms. The normalized spacial score (nSPS) is 13.9. The van der Waals surface area contributed by atoms with E-state index in [1.807, 2.05) is 0 Å². The van der Waals surface area contributed by atoms with Crippen LogP contribution in [0.1, 0.15) is 40.0 Å². The van der Waals surface area contributed by atoms with Crippen LogP contribution in [0.4, 0.5) is 11.4 Å². The average molecular weight is 422 g/mol. The lowest BCUT2D eigenvalue weighted by Gasteiger charge is -2.27. The second-order valence-electron chi connectivity index (χ2n) is 6.42. The number of nitrogens with one attached hydrogen (secondary N) is 1. The first kappa shape index (κ1) is 20.1. The van der Waals surface area contributed by atoms with Gasteiger partial charge in [0.15, 0.2) is 0 Å². The van der Waals surface area contributed by atoms with E-state index in [1.54, 1.807) is 17.0 Å². The van der Waals surface area contributed by atoms with Crippen molar-refractivity contribution in [1.29, 1.82) is 0 Å². The van der Waals surface area contributed by atoms with Crippen LogP contribution < -0.4 is 5.32 Å². The van der Waals surface area contributed by atoms with Crippen LogP contribution in [0.2, 0.25) is 10.0 Å². The molecule has 1 aliphatic heterocycles. The standard InChI is InChI=1S/C19H17Cl2N3O4/c20-13-5-6-14(19(26)23-8-2-1-3-9-23)16(11-13)22-18(25)12-4-7-15(21)17(10-12)24(27)28/h4-7,10-11H,1-3,8-9H2,(H,22,25). The first-order valence-corrected chi connectivity index (χ1v) is 9.46. The maximum absolute atomic E-state index is 12.9. The van der Waals surface area contributed by atoms with Gasteiger partial charge in [-0.05, 0) is 49.6 Å². The van der Waals surface area contributed by atoms with Gasteiger partial charge in [0, 0.05) is 29.7 Å². The Hall–Kier alpha value is -2.64. The molecular weight excluding hydrogens is 405 g/mol. The number of rotatable bonds is 4. The number of amides is 2. The minimum atomic E-state index is -0.663. The number of halogens is 2. The molecule has 0 bridgehead atoms. The van der Waals surface area contributed by atoms with Crippen molar-refractivity contribution < 1.29 is 14.5 Å². The van der Waals surface area contributed by atoms with Crippen molar-refractivity contribution in [2.45, 2.75) is 19.3 Å². The summed E-state index contributed by atoms with van der Waals surface area (Å²) in [6.45, 7) is 1.33. The predicted molar refractivity (Wildman–Crippen MR) is 107 cm³/mol. The zero-order valence-electron chi connectivity index (χ0n) is 14.8. The molecule has 1 saturated heterocycles. The maximum Gasteiger partial charge on any atom is 0.288 e. The van der Waals surface area contributed by atoms with Gasteiger partial charge in [-0.1, -0.05) is 23.2 Å². The van der Waals surface area contributed by atoms with Gasteiger partial charge >= 0.3 is 0 Å². The molecule has 2 aromatic rings. The molecule has 0 unspecified atom stereocenters. The molecule has 3 rings (SSSR count). The minimum Gasteiger partial charge on any atom is -0.339 e. The number of likely N-dealkylation sites (tertiary alicyclic amines) is 1.